The Morgan fingerprint density at radius 3 is 2.44 bits per heavy atom. The highest BCUT2D eigenvalue weighted by Gasteiger charge is 2.06. The molecule has 2 rings (SSSR count). The fourth-order valence-corrected chi connectivity index (χ4v) is 2.02. The Morgan fingerprint density at radius 1 is 1.11 bits per heavy atom. The standard InChI is InChI=1S/C14H17FN2O/c15-12-6-8-13(9-7-12)17-14(18)16-10-11-4-2-1-3-5-11/h6-10H,1-5H2,(H2,16,17,18). The van der Waals surface area contributed by atoms with Gasteiger partial charge < -0.3 is 10.6 Å². The number of hydrogen-bond acceptors (Lipinski definition) is 1. The number of benzene rings is 1. The molecule has 0 aliphatic heterocycles. The van der Waals surface area contributed by atoms with Crippen LogP contribution in [0.1, 0.15) is 32.1 Å². The van der Waals surface area contributed by atoms with E-state index in [1.54, 1.807) is 6.20 Å². The second-order valence-corrected chi connectivity index (χ2v) is 4.47. The van der Waals surface area contributed by atoms with E-state index in [2.05, 4.69) is 10.6 Å². The van der Waals surface area contributed by atoms with Crippen LogP contribution in [-0.4, -0.2) is 6.03 Å². The average molecular weight is 248 g/mol. The average Bonchev–Trinajstić information content (AvgIpc) is 2.40. The molecule has 3 nitrogen and oxygen atoms in total. The van der Waals surface area contributed by atoms with Crippen molar-refractivity contribution in [2.75, 3.05) is 5.32 Å². The highest BCUT2D eigenvalue weighted by Crippen LogP contribution is 2.21. The molecule has 1 aliphatic rings. The van der Waals surface area contributed by atoms with Crippen LogP contribution in [0.5, 0.6) is 0 Å². The van der Waals surface area contributed by atoms with Gasteiger partial charge in [0.25, 0.3) is 0 Å². The third-order valence-corrected chi connectivity index (χ3v) is 3.01. The zero-order valence-electron chi connectivity index (χ0n) is 10.2. The lowest BCUT2D eigenvalue weighted by atomic mass is 9.96. The van der Waals surface area contributed by atoms with Crippen molar-refractivity contribution in [1.82, 2.24) is 5.32 Å². The van der Waals surface area contributed by atoms with Gasteiger partial charge in [-0.3, -0.25) is 0 Å². The van der Waals surface area contributed by atoms with Gasteiger partial charge in [-0.25, -0.2) is 9.18 Å². The van der Waals surface area contributed by atoms with Crippen LogP contribution in [0.3, 0.4) is 0 Å². The lowest BCUT2D eigenvalue weighted by Gasteiger charge is -2.13. The summed E-state index contributed by atoms with van der Waals surface area (Å²) in [6, 6.07) is 5.40. The summed E-state index contributed by atoms with van der Waals surface area (Å²) in [5.74, 6) is -0.315. The van der Waals surface area contributed by atoms with Gasteiger partial charge in [0.1, 0.15) is 5.82 Å². The van der Waals surface area contributed by atoms with E-state index in [4.69, 9.17) is 0 Å². The molecule has 18 heavy (non-hydrogen) atoms. The minimum absolute atomic E-state index is 0.292. The first-order valence-corrected chi connectivity index (χ1v) is 6.25. The molecule has 0 aromatic heterocycles. The zero-order chi connectivity index (χ0) is 12.8. The van der Waals surface area contributed by atoms with E-state index < -0.39 is 0 Å². The smallest absolute Gasteiger partial charge is 0.314 e. The maximum Gasteiger partial charge on any atom is 0.323 e. The van der Waals surface area contributed by atoms with Crippen LogP contribution in [0.15, 0.2) is 36.0 Å². The molecule has 0 saturated heterocycles. The number of rotatable bonds is 2. The normalized spacial score (nSPS) is 15.1. The van der Waals surface area contributed by atoms with Crippen molar-refractivity contribution in [2.45, 2.75) is 32.1 Å². The monoisotopic (exact) mass is 248 g/mol. The van der Waals surface area contributed by atoms with Crippen LogP contribution in [-0.2, 0) is 0 Å². The summed E-state index contributed by atoms with van der Waals surface area (Å²) in [4.78, 5) is 11.6. The zero-order valence-corrected chi connectivity index (χ0v) is 10.2. The second-order valence-electron chi connectivity index (χ2n) is 4.47. The topological polar surface area (TPSA) is 41.1 Å². The van der Waals surface area contributed by atoms with Crippen molar-refractivity contribution in [3.05, 3.63) is 41.9 Å². The Morgan fingerprint density at radius 2 is 1.78 bits per heavy atom. The van der Waals surface area contributed by atoms with Crippen LogP contribution >= 0.6 is 0 Å². The Bertz CT molecular complexity index is 432. The molecule has 96 valence electrons. The summed E-state index contributed by atoms with van der Waals surface area (Å²) in [6.45, 7) is 0. The number of urea groups is 1. The number of halogens is 1. The van der Waals surface area contributed by atoms with Gasteiger partial charge in [0.15, 0.2) is 0 Å². The largest absolute Gasteiger partial charge is 0.323 e. The Labute approximate surface area is 106 Å². The van der Waals surface area contributed by atoms with Gasteiger partial charge in [-0.2, -0.15) is 0 Å². The van der Waals surface area contributed by atoms with Crippen LogP contribution in [0.2, 0.25) is 0 Å². The van der Waals surface area contributed by atoms with E-state index in [-0.39, 0.29) is 11.8 Å². The molecule has 0 unspecified atom stereocenters. The van der Waals surface area contributed by atoms with Gasteiger partial charge in [0, 0.05) is 11.9 Å². The number of amides is 2. The molecule has 0 bridgehead atoms. The van der Waals surface area contributed by atoms with Gasteiger partial charge >= 0.3 is 6.03 Å². The minimum atomic E-state index is -0.315. The summed E-state index contributed by atoms with van der Waals surface area (Å²) in [5, 5.41) is 5.36. The number of anilines is 1. The number of nitrogens with one attached hydrogen (secondary N) is 2. The molecule has 4 heteroatoms. The van der Waals surface area contributed by atoms with Gasteiger partial charge in [0.2, 0.25) is 0 Å². The predicted molar refractivity (Wildman–Crippen MR) is 69.7 cm³/mol. The molecule has 0 spiro atoms. The van der Waals surface area contributed by atoms with Crippen LogP contribution in [0.4, 0.5) is 14.9 Å². The van der Waals surface area contributed by atoms with Crippen molar-refractivity contribution < 1.29 is 9.18 Å². The molecule has 0 atom stereocenters. The molecule has 2 N–H and O–H groups in total. The summed E-state index contributed by atoms with van der Waals surface area (Å²) in [6.07, 6.45) is 7.60. The molecule has 1 saturated carbocycles. The molecular weight excluding hydrogens is 231 g/mol. The van der Waals surface area contributed by atoms with E-state index in [1.165, 1.54) is 49.1 Å². The first-order chi connectivity index (χ1) is 8.74. The predicted octanol–water partition coefficient (Wildman–Crippen LogP) is 3.80. The van der Waals surface area contributed by atoms with Gasteiger partial charge in [-0.15, -0.1) is 0 Å². The highest BCUT2D eigenvalue weighted by molar-refractivity contribution is 5.89. The molecular formula is C14H17FN2O. The first kappa shape index (κ1) is 12.6. The third-order valence-electron chi connectivity index (χ3n) is 3.01. The van der Waals surface area contributed by atoms with E-state index in [0.717, 1.165) is 12.8 Å². The molecule has 1 aromatic rings. The fraction of sp³-hybridized carbons (Fsp3) is 0.357. The lowest BCUT2D eigenvalue weighted by Crippen LogP contribution is -2.24. The Balaban J connectivity index is 1.83. The number of allylic oxidation sites excluding steroid dienone is 1. The SMILES string of the molecule is O=C(NC=C1CCCCC1)Nc1ccc(F)cc1. The van der Waals surface area contributed by atoms with E-state index in [1.807, 2.05) is 0 Å². The van der Waals surface area contributed by atoms with Gasteiger partial charge in [-0.1, -0.05) is 12.0 Å². The van der Waals surface area contributed by atoms with Crippen molar-refractivity contribution in [3.8, 4) is 0 Å². The summed E-state index contributed by atoms with van der Waals surface area (Å²) in [7, 11) is 0. The van der Waals surface area contributed by atoms with E-state index >= 15 is 0 Å². The van der Waals surface area contributed by atoms with Gasteiger partial charge in [0.05, 0.1) is 0 Å². The molecule has 2 amide bonds. The Kier molecular flexibility index (Phi) is 4.34. The summed E-state index contributed by atoms with van der Waals surface area (Å²) >= 11 is 0. The number of hydrogen-bond donors (Lipinski definition) is 2. The molecule has 0 heterocycles. The minimum Gasteiger partial charge on any atom is -0.314 e. The van der Waals surface area contributed by atoms with Crippen molar-refractivity contribution in [1.29, 1.82) is 0 Å². The van der Waals surface area contributed by atoms with Crippen molar-refractivity contribution in [3.63, 3.8) is 0 Å². The van der Waals surface area contributed by atoms with Crippen LogP contribution in [0, 0.1) is 5.82 Å². The third kappa shape index (κ3) is 3.87. The quantitative estimate of drug-likeness (QED) is 0.821. The van der Waals surface area contributed by atoms with Crippen LogP contribution in [0.25, 0.3) is 0 Å². The molecule has 1 aromatic carbocycles. The molecule has 1 aliphatic carbocycles. The number of carbonyl (C=O) groups excluding carboxylic acids is 1. The van der Waals surface area contributed by atoms with Crippen molar-refractivity contribution >= 4 is 11.7 Å². The first-order valence-electron chi connectivity index (χ1n) is 6.25. The molecule has 1 fully saturated rings. The van der Waals surface area contributed by atoms with Crippen LogP contribution < -0.4 is 10.6 Å². The van der Waals surface area contributed by atoms with Gasteiger partial charge in [-0.05, 0) is 49.9 Å². The highest BCUT2D eigenvalue weighted by atomic mass is 19.1. The number of carbonyl (C=O) groups is 1. The van der Waals surface area contributed by atoms with Crippen molar-refractivity contribution in [2.24, 2.45) is 0 Å². The fourth-order valence-electron chi connectivity index (χ4n) is 2.02. The summed E-state index contributed by atoms with van der Waals surface area (Å²) < 4.78 is 12.7. The summed E-state index contributed by atoms with van der Waals surface area (Å²) in [5.41, 5.74) is 1.87. The maximum absolute atomic E-state index is 12.7. The second kappa shape index (κ2) is 6.19. The van der Waals surface area contributed by atoms with E-state index in [9.17, 15) is 9.18 Å². The van der Waals surface area contributed by atoms with E-state index in [0.29, 0.717) is 5.69 Å². The molecule has 0 radical (unpaired) electrons. The Hall–Kier alpha value is -1.84. The lowest BCUT2D eigenvalue weighted by molar-refractivity contribution is 0.255. The maximum atomic E-state index is 12.7.